The molecule has 1 aliphatic heterocycles. The number of sulfonamides is 1. The van der Waals surface area contributed by atoms with E-state index in [1.54, 1.807) is 0 Å². The highest BCUT2D eigenvalue weighted by atomic mass is 35.5. The predicted molar refractivity (Wildman–Crippen MR) is 60.6 cm³/mol. The molecule has 90 valence electrons. The average molecular weight is 256 g/mol. The second kappa shape index (κ2) is 6.03. The van der Waals surface area contributed by atoms with Crippen molar-refractivity contribution in [3.8, 4) is 0 Å². The van der Waals surface area contributed by atoms with Gasteiger partial charge in [-0.25, -0.2) is 13.1 Å². The fourth-order valence-corrected chi connectivity index (χ4v) is 3.21. The Morgan fingerprint density at radius 3 is 2.87 bits per heavy atom. The molecule has 4 nitrogen and oxygen atoms in total. The molecule has 0 aromatic carbocycles. The Kier molecular flexibility index (Phi) is 5.32. The first-order chi connectivity index (χ1) is 7.09. The van der Waals surface area contributed by atoms with Gasteiger partial charge in [-0.15, -0.1) is 11.6 Å². The molecule has 1 rings (SSSR count). The van der Waals surface area contributed by atoms with E-state index in [-0.39, 0.29) is 17.7 Å². The van der Waals surface area contributed by atoms with Crippen molar-refractivity contribution in [3.63, 3.8) is 0 Å². The first kappa shape index (κ1) is 13.2. The predicted octanol–water partition coefficient (Wildman–Crippen LogP) is 0.960. The third-order valence-corrected chi connectivity index (χ3v) is 4.42. The summed E-state index contributed by atoms with van der Waals surface area (Å²) in [5, 5.41) is 0. The number of halogens is 1. The second-order valence-electron chi connectivity index (χ2n) is 3.72. The van der Waals surface area contributed by atoms with E-state index in [0.717, 1.165) is 19.4 Å². The van der Waals surface area contributed by atoms with Crippen LogP contribution in [0.25, 0.3) is 0 Å². The van der Waals surface area contributed by atoms with Crippen molar-refractivity contribution in [1.82, 2.24) is 4.72 Å². The van der Waals surface area contributed by atoms with Gasteiger partial charge in [-0.1, -0.05) is 6.92 Å². The number of hydrogen-bond donors (Lipinski definition) is 1. The van der Waals surface area contributed by atoms with Crippen LogP contribution in [0.2, 0.25) is 0 Å². The summed E-state index contributed by atoms with van der Waals surface area (Å²) >= 11 is 5.39. The van der Waals surface area contributed by atoms with Crippen molar-refractivity contribution in [3.05, 3.63) is 0 Å². The van der Waals surface area contributed by atoms with Gasteiger partial charge in [0.05, 0.1) is 11.9 Å². The number of nitrogens with one attached hydrogen (secondary N) is 1. The number of ether oxygens (including phenoxy) is 1. The Balaban J connectivity index is 2.36. The zero-order valence-electron chi connectivity index (χ0n) is 8.91. The van der Waals surface area contributed by atoms with Gasteiger partial charge in [0.1, 0.15) is 0 Å². The Morgan fingerprint density at radius 2 is 2.27 bits per heavy atom. The van der Waals surface area contributed by atoms with E-state index in [1.807, 2.05) is 0 Å². The molecule has 1 heterocycles. The lowest BCUT2D eigenvalue weighted by molar-refractivity contribution is 0.0884. The van der Waals surface area contributed by atoms with Crippen molar-refractivity contribution >= 4 is 21.6 Å². The molecule has 0 radical (unpaired) electrons. The van der Waals surface area contributed by atoms with Crippen LogP contribution in [0.5, 0.6) is 0 Å². The third-order valence-electron chi connectivity index (χ3n) is 2.66. The monoisotopic (exact) mass is 255 g/mol. The van der Waals surface area contributed by atoms with Crippen molar-refractivity contribution in [2.75, 3.05) is 24.8 Å². The number of rotatable bonds is 6. The maximum absolute atomic E-state index is 11.3. The molecule has 15 heavy (non-hydrogen) atoms. The van der Waals surface area contributed by atoms with Gasteiger partial charge in [0.25, 0.3) is 0 Å². The van der Waals surface area contributed by atoms with Crippen LogP contribution in [0.3, 0.4) is 0 Å². The first-order valence-corrected chi connectivity index (χ1v) is 7.42. The number of alkyl halides is 1. The van der Waals surface area contributed by atoms with Gasteiger partial charge >= 0.3 is 0 Å². The molecule has 0 bridgehead atoms. The third kappa shape index (κ3) is 4.26. The lowest BCUT2D eigenvalue weighted by atomic mass is 10.0. The summed E-state index contributed by atoms with van der Waals surface area (Å²) in [6.45, 7) is 3.26. The minimum absolute atomic E-state index is 0.0150. The van der Waals surface area contributed by atoms with Crippen LogP contribution in [-0.4, -0.2) is 39.3 Å². The van der Waals surface area contributed by atoms with E-state index in [1.165, 1.54) is 0 Å². The second-order valence-corrected chi connectivity index (χ2v) is 6.03. The van der Waals surface area contributed by atoms with Crippen molar-refractivity contribution in [1.29, 1.82) is 0 Å². The highest BCUT2D eigenvalue weighted by molar-refractivity contribution is 7.89. The molecule has 1 N–H and O–H groups in total. The summed E-state index contributed by atoms with van der Waals surface area (Å²) in [4.78, 5) is 0. The quantitative estimate of drug-likeness (QED) is 0.720. The zero-order chi connectivity index (χ0) is 11.3. The van der Waals surface area contributed by atoms with Crippen LogP contribution in [0.1, 0.15) is 19.8 Å². The van der Waals surface area contributed by atoms with Gasteiger partial charge in [0, 0.05) is 24.9 Å². The fraction of sp³-hybridized carbons (Fsp3) is 1.00. The van der Waals surface area contributed by atoms with Crippen molar-refractivity contribution in [2.45, 2.75) is 25.9 Å². The van der Waals surface area contributed by atoms with E-state index >= 15 is 0 Å². The summed E-state index contributed by atoms with van der Waals surface area (Å²) < 4.78 is 30.7. The molecule has 2 unspecified atom stereocenters. The molecule has 0 spiro atoms. The van der Waals surface area contributed by atoms with Gasteiger partial charge in [-0.2, -0.15) is 0 Å². The Labute approximate surface area is 96.4 Å². The maximum atomic E-state index is 11.3. The Morgan fingerprint density at radius 1 is 1.53 bits per heavy atom. The topological polar surface area (TPSA) is 55.4 Å². The molecule has 0 amide bonds. The fourth-order valence-electron chi connectivity index (χ4n) is 1.79. The largest absolute Gasteiger partial charge is 0.378 e. The molecule has 1 saturated heterocycles. The van der Waals surface area contributed by atoms with Crippen LogP contribution in [0, 0.1) is 5.92 Å². The van der Waals surface area contributed by atoms with Gasteiger partial charge in [-0.05, 0) is 12.8 Å². The van der Waals surface area contributed by atoms with Crippen LogP contribution in [0.4, 0.5) is 0 Å². The maximum Gasteiger partial charge on any atom is 0.212 e. The molecule has 0 aromatic heterocycles. The normalized spacial score (nSPS) is 27.1. The average Bonchev–Trinajstić information content (AvgIpc) is 2.62. The van der Waals surface area contributed by atoms with Crippen molar-refractivity contribution in [2.24, 2.45) is 5.92 Å². The zero-order valence-corrected chi connectivity index (χ0v) is 10.5. The Hall–Kier alpha value is 0.160. The van der Waals surface area contributed by atoms with E-state index in [4.69, 9.17) is 16.3 Å². The molecule has 1 aliphatic rings. The van der Waals surface area contributed by atoms with Gasteiger partial charge in [0.2, 0.25) is 10.0 Å². The summed E-state index contributed by atoms with van der Waals surface area (Å²) in [6, 6.07) is 0. The van der Waals surface area contributed by atoms with Crippen molar-refractivity contribution < 1.29 is 13.2 Å². The highest BCUT2D eigenvalue weighted by Crippen LogP contribution is 2.22. The summed E-state index contributed by atoms with van der Waals surface area (Å²) in [6.07, 6.45) is 2.06. The van der Waals surface area contributed by atoms with Crippen LogP contribution >= 0.6 is 11.6 Å². The lowest BCUT2D eigenvalue weighted by Gasteiger charge is -2.16. The molecular formula is C9H18ClNO3S. The molecular weight excluding hydrogens is 238 g/mol. The van der Waals surface area contributed by atoms with E-state index in [9.17, 15) is 8.42 Å². The minimum atomic E-state index is -3.19. The highest BCUT2D eigenvalue weighted by Gasteiger charge is 2.27. The lowest BCUT2D eigenvalue weighted by Crippen LogP contribution is -2.34. The molecule has 2 atom stereocenters. The van der Waals surface area contributed by atoms with Gasteiger partial charge < -0.3 is 4.74 Å². The molecule has 0 aliphatic carbocycles. The smallest absolute Gasteiger partial charge is 0.212 e. The first-order valence-electron chi connectivity index (χ1n) is 5.24. The SMILES string of the molecule is CCC1OCCC1CNS(=O)(=O)CCCl. The summed E-state index contributed by atoms with van der Waals surface area (Å²) in [5.41, 5.74) is 0. The molecule has 0 aromatic rings. The van der Waals surface area contributed by atoms with Gasteiger partial charge in [0.15, 0.2) is 0 Å². The molecule has 1 fully saturated rings. The number of hydrogen-bond acceptors (Lipinski definition) is 3. The Bertz CT molecular complexity index is 281. The summed E-state index contributed by atoms with van der Waals surface area (Å²) in [7, 11) is -3.19. The van der Waals surface area contributed by atoms with Crippen LogP contribution < -0.4 is 4.72 Å². The minimum Gasteiger partial charge on any atom is -0.378 e. The standard InChI is InChI=1S/C9H18ClNO3S/c1-2-9-8(3-5-14-9)7-11-15(12,13)6-4-10/h8-9,11H,2-7H2,1H3. The van der Waals surface area contributed by atoms with Gasteiger partial charge in [-0.3, -0.25) is 0 Å². The van der Waals surface area contributed by atoms with Crippen LogP contribution in [-0.2, 0) is 14.8 Å². The molecule has 6 heteroatoms. The molecule has 0 saturated carbocycles. The van der Waals surface area contributed by atoms with E-state index in [0.29, 0.717) is 12.5 Å². The van der Waals surface area contributed by atoms with E-state index < -0.39 is 10.0 Å². The van der Waals surface area contributed by atoms with E-state index in [2.05, 4.69) is 11.6 Å². The van der Waals surface area contributed by atoms with Crippen LogP contribution in [0.15, 0.2) is 0 Å². The summed E-state index contributed by atoms with van der Waals surface area (Å²) in [5.74, 6) is 0.423.